The van der Waals surface area contributed by atoms with Crippen molar-refractivity contribution >= 4 is 40.7 Å². The zero-order valence-corrected chi connectivity index (χ0v) is 16.9. The Labute approximate surface area is 178 Å². The zero-order valence-electron chi connectivity index (χ0n) is 15.4. The minimum Gasteiger partial charge on any atom is -0.288 e. The van der Waals surface area contributed by atoms with Gasteiger partial charge in [-0.3, -0.25) is 10.1 Å². The van der Waals surface area contributed by atoms with Gasteiger partial charge in [-0.15, -0.1) is 5.10 Å². The molecule has 0 atom stereocenters. The fourth-order valence-corrected chi connectivity index (χ4v) is 3.14. The molecule has 3 aromatic heterocycles. The summed E-state index contributed by atoms with van der Waals surface area (Å²) >= 11 is 11.3. The molecule has 8 nitrogen and oxygen atoms in total. The standard InChI is InChI=1S/C18H13Cl2F2N7O/c1-10-6-14(18(20,21)22)29-15(24-10)7-13(26-29)16(30)25-17-23-9-28(27-17)8-11-4-2-3-5-12(11)19/h2-7,9H,8H2,1H3,(H,25,27,30). The van der Waals surface area contributed by atoms with E-state index >= 15 is 0 Å². The Hall–Kier alpha value is -3.11. The second-order valence-electron chi connectivity index (χ2n) is 6.39. The van der Waals surface area contributed by atoms with Crippen LogP contribution in [0.5, 0.6) is 0 Å². The highest BCUT2D eigenvalue weighted by Gasteiger charge is 2.32. The van der Waals surface area contributed by atoms with Crippen LogP contribution >= 0.6 is 23.2 Å². The van der Waals surface area contributed by atoms with Crippen molar-refractivity contribution in [2.75, 3.05) is 5.32 Å². The third-order valence-electron chi connectivity index (χ3n) is 4.13. The van der Waals surface area contributed by atoms with Crippen LogP contribution in [0.2, 0.25) is 5.02 Å². The van der Waals surface area contributed by atoms with Gasteiger partial charge in [0.1, 0.15) is 12.0 Å². The number of benzene rings is 1. The van der Waals surface area contributed by atoms with Crippen LogP contribution in [-0.2, 0) is 11.9 Å². The Morgan fingerprint density at radius 1 is 1.23 bits per heavy atom. The Bertz CT molecular complexity index is 1250. The molecule has 30 heavy (non-hydrogen) atoms. The van der Waals surface area contributed by atoms with Crippen molar-refractivity contribution in [3.63, 3.8) is 0 Å². The number of aromatic nitrogens is 6. The van der Waals surface area contributed by atoms with Crippen LogP contribution in [0, 0.1) is 6.92 Å². The summed E-state index contributed by atoms with van der Waals surface area (Å²) in [7, 11) is 0. The van der Waals surface area contributed by atoms with Crippen LogP contribution in [0.25, 0.3) is 5.65 Å². The average Bonchev–Trinajstić information content (AvgIpc) is 3.28. The summed E-state index contributed by atoms with van der Waals surface area (Å²) < 4.78 is 29.7. The normalized spacial score (nSPS) is 11.8. The SMILES string of the molecule is Cc1cc(C(F)(F)Cl)n2nc(C(=O)Nc3ncn(Cc4ccccc4Cl)n3)cc2n1. The molecule has 1 amide bonds. The highest BCUT2D eigenvalue weighted by Crippen LogP contribution is 2.32. The first-order valence-corrected chi connectivity index (χ1v) is 9.35. The quantitative estimate of drug-likeness (QED) is 0.465. The monoisotopic (exact) mass is 451 g/mol. The van der Waals surface area contributed by atoms with Crippen molar-refractivity contribution < 1.29 is 13.6 Å². The van der Waals surface area contributed by atoms with Crippen molar-refractivity contribution in [2.45, 2.75) is 18.9 Å². The molecule has 1 N–H and O–H groups in total. The van der Waals surface area contributed by atoms with Gasteiger partial charge >= 0.3 is 5.38 Å². The first-order valence-electron chi connectivity index (χ1n) is 8.59. The van der Waals surface area contributed by atoms with Gasteiger partial charge in [0, 0.05) is 16.8 Å². The van der Waals surface area contributed by atoms with Gasteiger partial charge in [0.05, 0.1) is 6.54 Å². The predicted molar refractivity (Wildman–Crippen MR) is 106 cm³/mol. The van der Waals surface area contributed by atoms with E-state index in [2.05, 4.69) is 25.5 Å². The lowest BCUT2D eigenvalue weighted by Gasteiger charge is -2.10. The number of aryl methyl sites for hydroxylation is 1. The highest BCUT2D eigenvalue weighted by atomic mass is 35.5. The van der Waals surface area contributed by atoms with E-state index in [0.29, 0.717) is 17.3 Å². The third-order valence-corrected chi connectivity index (χ3v) is 4.69. The lowest BCUT2D eigenvalue weighted by Crippen LogP contribution is -2.16. The molecule has 0 fully saturated rings. The van der Waals surface area contributed by atoms with Crippen molar-refractivity contribution in [3.8, 4) is 0 Å². The molecule has 12 heteroatoms. The van der Waals surface area contributed by atoms with Crippen LogP contribution < -0.4 is 5.32 Å². The van der Waals surface area contributed by atoms with E-state index in [1.165, 1.54) is 24.0 Å². The van der Waals surface area contributed by atoms with Gasteiger partial charge in [0.25, 0.3) is 5.91 Å². The van der Waals surface area contributed by atoms with Gasteiger partial charge in [0.15, 0.2) is 11.3 Å². The fraction of sp³-hybridized carbons (Fsp3) is 0.167. The molecule has 0 bridgehead atoms. The Morgan fingerprint density at radius 3 is 2.73 bits per heavy atom. The van der Waals surface area contributed by atoms with E-state index in [0.717, 1.165) is 16.1 Å². The number of rotatable bonds is 5. The van der Waals surface area contributed by atoms with E-state index < -0.39 is 17.0 Å². The fourth-order valence-electron chi connectivity index (χ4n) is 2.81. The summed E-state index contributed by atoms with van der Waals surface area (Å²) in [6, 6.07) is 9.64. The van der Waals surface area contributed by atoms with Gasteiger partial charge in [-0.25, -0.2) is 19.2 Å². The van der Waals surface area contributed by atoms with Gasteiger partial charge in [-0.2, -0.15) is 13.9 Å². The number of halogens is 4. The molecule has 0 aliphatic heterocycles. The van der Waals surface area contributed by atoms with Crippen LogP contribution in [0.15, 0.2) is 42.7 Å². The second-order valence-corrected chi connectivity index (χ2v) is 7.27. The molecule has 0 saturated heterocycles. The second kappa shape index (κ2) is 7.62. The van der Waals surface area contributed by atoms with E-state index in [1.54, 1.807) is 6.07 Å². The highest BCUT2D eigenvalue weighted by molar-refractivity contribution is 6.31. The molecule has 0 unspecified atom stereocenters. The molecule has 154 valence electrons. The van der Waals surface area contributed by atoms with Gasteiger partial charge in [-0.1, -0.05) is 29.8 Å². The molecule has 1 aromatic carbocycles. The molecule has 4 aromatic rings. The lowest BCUT2D eigenvalue weighted by molar-refractivity contribution is 0.0868. The van der Waals surface area contributed by atoms with E-state index in [1.807, 2.05) is 18.2 Å². The predicted octanol–water partition coefficient (Wildman–Crippen LogP) is 3.87. The number of fused-ring (bicyclic) bond motifs is 1. The largest absolute Gasteiger partial charge is 0.364 e. The molecular weight excluding hydrogens is 439 g/mol. The average molecular weight is 452 g/mol. The first-order chi connectivity index (χ1) is 14.2. The molecule has 3 heterocycles. The topological polar surface area (TPSA) is 90.0 Å². The lowest BCUT2D eigenvalue weighted by atomic mass is 10.2. The summed E-state index contributed by atoms with van der Waals surface area (Å²) in [5.74, 6) is -0.659. The summed E-state index contributed by atoms with van der Waals surface area (Å²) in [5.41, 5.74) is 0.473. The molecule has 0 aliphatic carbocycles. The maximum atomic E-state index is 13.7. The summed E-state index contributed by atoms with van der Waals surface area (Å²) in [5, 5.41) is 7.44. The molecule has 4 rings (SSSR count). The number of hydrogen-bond donors (Lipinski definition) is 1. The smallest absolute Gasteiger partial charge is 0.288 e. The molecule has 0 radical (unpaired) electrons. The first kappa shape index (κ1) is 20.2. The zero-order chi connectivity index (χ0) is 21.5. The summed E-state index contributed by atoms with van der Waals surface area (Å²) in [6.07, 6.45) is 1.43. The van der Waals surface area contributed by atoms with Crippen molar-refractivity contribution in [2.24, 2.45) is 0 Å². The van der Waals surface area contributed by atoms with Gasteiger partial charge in [-0.05, 0) is 36.2 Å². The minimum atomic E-state index is -3.68. The summed E-state index contributed by atoms with van der Waals surface area (Å²) in [6.45, 7) is 1.89. The number of nitrogens with zero attached hydrogens (tertiary/aromatic N) is 6. The van der Waals surface area contributed by atoms with E-state index in [-0.39, 0.29) is 17.3 Å². The number of hydrogen-bond acceptors (Lipinski definition) is 5. The number of carbonyl (C=O) groups is 1. The number of nitrogens with one attached hydrogen (secondary N) is 1. The molecular formula is C18H13Cl2F2N7O. The Kier molecular flexibility index (Phi) is 5.12. The maximum Gasteiger partial charge on any atom is 0.364 e. The van der Waals surface area contributed by atoms with Crippen LogP contribution in [0.4, 0.5) is 14.7 Å². The molecule has 0 saturated carbocycles. The van der Waals surface area contributed by atoms with Crippen molar-refractivity contribution in [1.29, 1.82) is 0 Å². The number of alkyl halides is 3. The van der Waals surface area contributed by atoms with Crippen molar-refractivity contribution in [1.82, 2.24) is 29.4 Å². The Morgan fingerprint density at radius 2 is 2.00 bits per heavy atom. The van der Waals surface area contributed by atoms with Crippen LogP contribution in [0.3, 0.4) is 0 Å². The maximum absolute atomic E-state index is 13.7. The number of amides is 1. The summed E-state index contributed by atoms with van der Waals surface area (Å²) in [4.78, 5) is 20.6. The van der Waals surface area contributed by atoms with Crippen molar-refractivity contribution in [3.05, 3.63) is 70.4 Å². The molecule has 0 spiro atoms. The van der Waals surface area contributed by atoms with E-state index in [4.69, 9.17) is 23.2 Å². The van der Waals surface area contributed by atoms with E-state index in [9.17, 15) is 13.6 Å². The molecule has 0 aliphatic rings. The Balaban J connectivity index is 1.55. The minimum absolute atomic E-state index is 0.0242. The third kappa shape index (κ3) is 4.10. The number of anilines is 1. The van der Waals surface area contributed by atoms with Gasteiger partial charge < -0.3 is 0 Å². The van der Waals surface area contributed by atoms with Crippen LogP contribution in [-0.4, -0.2) is 35.3 Å². The van der Waals surface area contributed by atoms with Gasteiger partial charge in [0.2, 0.25) is 5.95 Å². The number of carbonyl (C=O) groups excluding carboxylic acids is 1. The van der Waals surface area contributed by atoms with Crippen LogP contribution in [0.1, 0.15) is 27.4 Å².